The van der Waals surface area contributed by atoms with E-state index in [2.05, 4.69) is 20.4 Å². The Kier molecular flexibility index (Phi) is 2.79. The molecule has 106 valence electrons. The molecule has 0 aliphatic heterocycles. The third kappa shape index (κ3) is 2.07. The SMILES string of the molecule is O=C(Nc1noc2ncccc12)c1ccc2ncccc2c1. The van der Waals surface area contributed by atoms with E-state index in [1.807, 2.05) is 18.2 Å². The summed E-state index contributed by atoms with van der Waals surface area (Å²) >= 11 is 0. The Hall–Kier alpha value is -3.28. The Morgan fingerprint density at radius 2 is 1.91 bits per heavy atom. The van der Waals surface area contributed by atoms with Gasteiger partial charge in [-0.15, -0.1) is 0 Å². The van der Waals surface area contributed by atoms with Crippen molar-refractivity contribution in [2.75, 3.05) is 5.32 Å². The first-order chi connectivity index (χ1) is 10.8. The number of hydrogen-bond donors (Lipinski definition) is 1. The molecular weight excluding hydrogens is 280 g/mol. The second-order valence-electron chi connectivity index (χ2n) is 4.75. The van der Waals surface area contributed by atoms with Crippen molar-refractivity contribution in [2.24, 2.45) is 0 Å². The van der Waals surface area contributed by atoms with Gasteiger partial charge in [-0.2, -0.15) is 0 Å². The molecule has 0 fully saturated rings. The molecule has 0 aliphatic rings. The molecule has 1 aromatic carbocycles. The fourth-order valence-electron chi connectivity index (χ4n) is 2.27. The van der Waals surface area contributed by atoms with E-state index in [1.54, 1.807) is 36.7 Å². The van der Waals surface area contributed by atoms with Gasteiger partial charge in [-0.05, 0) is 36.4 Å². The van der Waals surface area contributed by atoms with Crippen molar-refractivity contribution >= 4 is 33.7 Å². The van der Waals surface area contributed by atoms with Crippen LogP contribution in [0, 0.1) is 0 Å². The van der Waals surface area contributed by atoms with Gasteiger partial charge >= 0.3 is 0 Å². The lowest BCUT2D eigenvalue weighted by atomic mass is 10.1. The summed E-state index contributed by atoms with van der Waals surface area (Å²) in [5, 5.41) is 8.15. The molecule has 0 radical (unpaired) electrons. The Morgan fingerprint density at radius 3 is 2.86 bits per heavy atom. The van der Waals surface area contributed by atoms with Crippen LogP contribution in [0.25, 0.3) is 22.0 Å². The van der Waals surface area contributed by atoms with E-state index in [4.69, 9.17) is 4.52 Å². The van der Waals surface area contributed by atoms with Crippen molar-refractivity contribution < 1.29 is 9.32 Å². The monoisotopic (exact) mass is 290 g/mol. The average molecular weight is 290 g/mol. The molecule has 1 N–H and O–H groups in total. The lowest BCUT2D eigenvalue weighted by molar-refractivity contribution is 0.102. The maximum absolute atomic E-state index is 12.4. The number of anilines is 1. The molecule has 6 heteroatoms. The highest BCUT2D eigenvalue weighted by atomic mass is 16.5. The van der Waals surface area contributed by atoms with E-state index >= 15 is 0 Å². The number of nitrogens with one attached hydrogen (secondary N) is 1. The predicted molar refractivity (Wildman–Crippen MR) is 81.5 cm³/mol. The number of aromatic nitrogens is 3. The Morgan fingerprint density at radius 1 is 1.05 bits per heavy atom. The molecule has 0 aliphatic carbocycles. The number of benzene rings is 1. The molecule has 4 rings (SSSR count). The number of fused-ring (bicyclic) bond motifs is 2. The number of hydrogen-bond acceptors (Lipinski definition) is 5. The van der Waals surface area contributed by atoms with Crippen LogP contribution in [0.1, 0.15) is 10.4 Å². The minimum Gasteiger partial charge on any atom is -0.334 e. The molecule has 4 aromatic rings. The van der Waals surface area contributed by atoms with Gasteiger partial charge in [-0.1, -0.05) is 11.2 Å². The van der Waals surface area contributed by atoms with E-state index in [0.717, 1.165) is 10.9 Å². The summed E-state index contributed by atoms with van der Waals surface area (Å²) in [5.41, 5.74) is 1.76. The van der Waals surface area contributed by atoms with Crippen LogP contribution in [-0.2, 0) is 0 Å². The maximum Gasteiger partial charge on any atom is 0.259 e. The quantitative estimate of drug-likeness (QED) is 0.613. The molecule has 0 atom stereocenters. The zero-order valence-corrected chi connectivity index (χ0v) is 11.4. The summed E-state index contributed by atoms with van der Waals surface area (Å²) in [4.78, 5) is 20.6. The van der Waals surface area contributed by atoms with Gasteiger partial charge in [0.1, 0.15) is 0 Å². The smallest absolute Gasteiger partial charge is 0.259 e. The highest BCUT2D eigenvalue weighted by molar-refractivity contribution is 6.08. The summed E-state index contributed by atoms with van der Waals surface area (Å²) in [5.74, 6) is 0.101. The molecule has 22 heavy (non-hydrogen) atoms. The van der Waals surface area contributed by atoms with Crippen LogP contribution in [0.5, 0.6) is 0 Å². The standard InChI is InChI=1S/C16H10N4O2/c21-15(11-5-6-13-10(9-11)3-1-7-17-13)19-14-12-4-2-8-18-16(12)22-20-14/h1-9H,(H,19,20,21). The van der Waals surface area contributed by atoms with Crippen LogP contribution < -0.4 is 5.32 Å². The topological polar surface area (TPSA) is 80.9 Å². The van der Waals surface area contributed by atoms with Gasteiger partial charge in [0.05, 0.1) is 10.9 Å². The summed E-state index contributed by atoms with van der Waals surface area (Å²) < 4.78 is 5.07. The third-order valence-electron chi connectivity index (χ3n) is 3.35. The normalized spacial score (nSPS) is 10.9. The lowest BCUT2D eigenvalue weighted by Crippen LogP contribution is -2.12. The van der Waals surface area contributed by atoms with E-state index in [0.29, 0.717) is 22.5 Å². The zero-order chi connectivity index (χ0) is 14.9. The highest BCUT2D eigenvalue weighted by Crippen LogP contribution is 2.21. The molecule has 0 saturated heterocycles. The van der Waals surface area contributed by atoms with E-state index in [-0.39, 0.29) is 5.91 Å². The molecular formula is C16H10N4O2. The Bertz CT molecular complexity index is 993. The Balaban J connectivity index is 1.68. The third-order valence-corrected chi connectivity index (χ3v) is 3.35. The van der Waals surface area contributed by atoms with Crippen LogP contribution in [0.2, 0.25) is 0 Å². The Labute approximate surface area is 124 Å². The molecule has 6 nitrogen and oxygen atoms in total. The number of amides is 1. The lowest BCUT2D eigenvalue weighted by Gasteiger charge is -2.03. The number of carbonyl (C=O) groups is 1. The van der Waals surface area contributed by atoms with Crippen molar-refractivity contribution in [1.82, 2.24) is 15.1 Å². The van der Waals surface area contributed by atoms with Gasteiger partial charge in [0.25, 0.3) is 11.6 Å². The van der Waals surface area contributed by atoms with Gasteiger partial charge in [-0.25, -0.2) is 4.98 Å². The minimum absolute atomic E-state index is 0.259. The number of pyridine rings is 2. The van der Waals surface area contributed by atoms with Crippen molar-refractivity contribution in [2.45, 2.75) is 0 Å². The molecule has 3 heterocycles. The molecule has 0 spiro atoms. The summed E-state index contributed by atoms with van der Waals surface area (Å²) in [7, 11) is 0. The summed E-state index contributed by atoms with van der Waals surface area (Å²) in [6.45, 7) is 0. The first kappa shape index (κ1) is 12.5. The van der Waals surface area contributed by atoms with Gasteiger partial charge in [-0.3, -0.25) is 9.78 Å². The fourth-order valence-corrected chi connectivity index (χ4v) is 2.27. The number of rotatable bonds is 2. The second-order valence-corrected chi connectivity index (χ2v) is 4.75. The van der Waals surface area contributed by atoms with Crippen LogP contribution in [0.3, 0.4) is 0 Å². The van der Waals surface area contributed by atoms with Gasteiger partial charge in [0, 0.05) is 23.3 Å². The predicted octanol–water partition coefficient (Wildman–Crippen LogP) is 3.02. The molecule has 3 aromatic heterocycles. The summed E-state index contributed by atoms with van der Waals surface area (Å²) in [6.07, 6.45) is 3.33. The number of nitrogens with zero attached hydrogens (tertiary/aromatic N) is 3. The van der Waals surface area contributed by atoms with Crippen molar-refractivity contribution in [3.63, 3.8) is 0 Å². The molecule has 0 saturated carbocycles. The first-order valence-corrected chi connectivity index (χ1v) is 6.68. The first-order valence-electron chi connectivity index (χ1n) is 6.68. The second kappa shape index (κ2) is 4.92. The molecule has 1 amide bonds. The average Bonchev–Trinajstić information content (AvgIpc) is 2.97. The maximum atomic E-state index is 12.4. The van der Waals surface area contributed by atoms with Crippen molar-refractivity contribution in [3.05, 3.63) is 60.4 Å². The van der Waals surface area contributed by atoms with Gasteiger partial charge in [0.2, 0.25) is 0 Å². The molecule has 0 unspecified atom stereocenters. The number of carbonyl (C=O) groups excluding carboxylic acids is 1. The largest absolute Gasteiger partial charge is 0.334 e. The van der Waals surface area contributed by atoms with E-state index in [1.165, 1.54) is 0 Å². The van der Waals surface area contributed by atoms with Crippen molar-refractivity contribution in [3.8, 4) is 0 Å². The minimum atomic E-state index is -0.259. The highest BCUT2D eigenvalue weighted by Gasteiger charge is 2.13. The zero-order valence-electron chi connectivity index (χ0n) is 11.4. The van der Waals surface area contributed by atoms with Crippen LogP contribution in [0.4, 0.5) is 5.82 Å². The van der Waals surface area contributed by atoms with Crippen molar-refractivity contribution in [1.29, 1.82) is 0 Å². The van der Waals surface area contributed by atoms with Gasteiger partial charge in [0.15, 0.2) is 5.82 Å². The van der Waals surface area contributed by atoms with E-state index in [9.17, 15) is 4.79 Å². The fraction of sp³-hybridized carbons (Fsp3) is 0. The molecule has 0 bridgehead atoms. The summed E-state index contributed by atoms with van der Waals surface area (Å²) in [6, 6.07) is 12.6. The van der Waals surface area contributed by atoms with E-state index < -0.39 is 0 Å². The van der Waals surface area contributed by atoms with Crippen LogP contribution >= 0.6 is 0 Å². The van der Waals surface area contributed by atoms with Crippen LogP contribution in [0.15, 0.2) is 59.4 Å². The van der Waals surface area contributed by atoms with Crippen LogP contribution in [-0.4, -0.2) is 21.0 Å². The van der Waals surface area contributed by atoms with Gasteiger partial charge < -0.3 is 9.84 Å².